The maximum atomic E-state index is 13.0. The van der Waals surface area contributed by atoms with Crippen molar-refractivity contribution in [3.63, 3.8) is 0 Å². The van der Waals surface area contributed by atoms with Crippen LogP contribution in [0.25, 0.3) is 0 Å². The molecule has 162 valence electrons. The zero-order valence-corrected chi connectivity index (χ0v) is 17.6. The standard InChI is InChI=1S/C22H31N5O3/c28-21(26-10-12-27(13-11-26)22(29)19-5-2-14-30-19)16-6-8-25(9-7-16)20-15-17-3-1-4-18(17)23-24-20/h15-16,19H,1-14H2. The number of piperazine rings is 1. The molecule has 3 fully saturated rings. The Kier molecular flexibility index (Phi) is 5.58. The largest absolute Gasteiger partial charge is 0.368 e. The summed E-state index contributed by atoms with van der Waals surface area (Å²) in [7, 11) is 0. The molecule has 0 aromatic carbocycles. The molecule has 1 atom stereocenters. The van der Waals surface area contributed by atoms with Crippen molar-refractivity contribution >= 4 is 17.6 Å². The van der Waals surface area contributed by atoms with Crippen LogP contribution in [0.15, 0.2) is 6.07 Å². The summed E-state index contributed by atoms with van der Waals surface area (Å²) >= 11 is 0. The molecule has 1 unspecified atom stereocenters. The number of ether oxygens (including phenoxy) is 1. The van der Waals surface area contributed by atoms with Crippen LogP contribution in [-0.4, -0.2) is 83.8 Å². The topological polar surface area (TPSA) is 78.9 Å². The lowest BCUT2D eigenvalue weighted by atomic mass is 9.95. The normalized spacial score (nSPS) is 24.9. The minimum atomic E-state index is -0.265. The first-order valence-electron chi connectivity index (χ1n) is 11.5. The van der Waals surface area contributed by atoms with Crippen molar-refractivity contribution in [2.45, 2.75) is 51.0 Å². The second-order valence-electron chi connectivity index (χ2n) is 8.94. The van der Waals surface area contributed by atoms with Gasteiger partial charge in [-0.25, -0.2) is 0 Å². The third kappa shape index (κ3) is 3.89. The number of nitrogens with zero attached hydrogens (tertiary/aromatic N) is 5. The van der Waals surface area contributed by atoms with Crippen LogP contribution in [0.4, 0.5) is 5.82 Å². The molecule has 0 spiro atoms. The Morgan fingerprint density at radius 3 is 2.30 bits per heavy atom. The van der Waals surface area contributed by atoms with Crippen molar-refractivity contribution in [3.05, 3.63) is 17.3 Å². The van der Waals surface area contributed by atoms with Gasteiger partial charge >= 0.3 is 0 Å². The van der Waals surface area contributed by atoms with Crippen LogP contribution >= 0.6 is 0 Å². The molecular formula is C22H31N5O3. The maximum Gasteiger partial charge on any atom is 0.251 e. The lowest BCUT2D eigenvalue weighted by Gasteiger charge is -2.39. The molecule has 30 heavy (non-hydrogen) atoms. The number of amides is 2. The van der Waals surface area contributed by atoms with Crippen molar-refractivity contribution in [3.8, 4) is 0 Å². The molecule has 8 heteroatoms. The van der Waals surface area contributed by atoms with Gasteiger partial charge in [0.1, 0.15) is 6.10 Å². The zero-order chi connectivity index (χ0) is 20.5. The molecule has 0 bridgehead atoms. The minimum absolute atomic E-state index is 0.0732. The monoisotopic (exact) mass is 413 g/mol. The highest BCUT2D eigenvalue weighted by atomic mass is 16.5. The number of piperidine rings is 1. The lowest BCUT2D eigenvalue weighted by Crippen LogP contribution is -2.54. The summed E-state index contributed by atoms with van der Waals surface area (Å²) < 4.78 is 5.52. The van der Waals surface area contributed by atoms with Crippen LogP contribution in [0, 0.1) is 5.92 Å². The van der Waals surface area contributed by atoms with Gasteiger partial charge in [0.2, 0.25) is 5.91 Å². The molecule has 0 N–H and O–H groups in total. The number of anilines is 1. The van der Waals surface area contributed by atoms with Gasteiger partial charge in [-0.2, -0.15) is 5.10 Å². The fourth-order valence-electron chi connectivity index (χ4n) is 5.21. The summed E-state index contributed by atoms with van der Waals surface area (Å²) in [6.45, 7) is 4.89. The maximum absolute atomic E-state index is 13.0. The van der Waals surface area contributed by atoms with Gasteiger partial charge in [-0.15, -0.1) is 5.10 Å². The van der Waals surface area contributed by atoms with Crippen LogP contribution in [0.3, 0.4) is 0 Å². The van der Waals surface area contributed by atoms with Crippen LogP contribution in [0.5, 0.6) is 0 Å². The summed E-state index contributed by atoms with van der Waals surface area (Å²) in [5.74, 6) is 1.38. The van der Waals surface area contributed by atoms with Gasteiger partial charge in [0.05, 0.1) is 5.69 Å². The number of fused-ring (bicyclic) bond motifs is 1. The van der Waals surface area contributed by atoms with E-state index in [9.17, 15) is 9.59 Å². The number of hydrogen-bond donors (Lipinski definition) is 0. The van der Waals surface area contributed by atoms with E-state index in [1.165, 1.54) is 12.0 Å². The Morgan fingerprint density at radius 2 is 1.60 bits per heavy atom. The van der Waals surface area contributed by atoms with Gasteiger partial charge in [-0.05, 0) is 56.6 Å². The summed E-state index contributed by atoms with van der Waals surface area (Å²) in [6, 6.07) is 2.20. The third-order valence-electron chi connectivity index (χ3n) is 7.08. The quantitative estimate of drug-likeness (QED) is 0.737. The second-order valence-corrected chi connectivity index (χ2v) is 8.94. The number of carbonyl (C=O) groups is 2. The number of aromatic nitrogens is 2. The molecule has 2 amide bonds. The van der Waals surface area contributed by atoms with E-state index in [4.69, 9.17) is 4.74 Å². The molecule has 0 saturated carbocycles. The number of aryl methyl sites for hydroxylation is 2. The molecule has 1 aliphatic carbocycles. The fourth-order valence-corrected chi connectivity index (χ4v) is 5.21. The molecular weight excluding hydrogens is 382 g/mol. The highest BCUT2D eigenvalue weighted by Gasteiger charge is 2.34. The Morgan fingerprint density at radius 1 is 0.867 bits per heavy atom. The van der Waals surface area contributed by atoms with E-state index >= 15 is 0 Å². The van der Waals surface area contributed by atoms with Crippen LogP contribution in [0.1, 0.15) is 43.4 Å². The summed E-state index contributed by atoms with van der Waals surface area (Å²) in [5.41, 5.74) is 2.49. The van der Waals surface area contributed by atoms with E-state index in [1.807, 2.05) is 9.80 Å². The smallest absolute Gasteiger partial charge is 0.251 e. The molecule has 1 aromatic heterocycles. The molecule has 4 heterocycles. The summed E-state index contributed by atoms with van der Waals surface area (Å²) in [6.07, 6.45) is 6.56. The molecule has 5 rings (SSSR count). The van der Waals surface area contributed by atoms with Crippen molar-refractivity contribution in [2.24, 2.45) is 5.92 Å². The Hall–Kier alpha value is -2.22. The fraction of sp³-hybridized carbons (Fsp3) is 0.727. The third-order valence-corrected chi connectivity index (χ3v) is 7.08. The van der Waals surface area contributed by atoms with E-state index < -0.39 is 0 Å². The molecule has 4 aliphatic rings. The highest BCUT2D eigenvalue weighted by molar-refractivity contribution is 5.82. The van der Waals surface area contributed by atoms with Gasteiger partial charge < -0.3 is 19.4 Å². The van der Waals surface area contributed by atoms with Gasteiger partial charge in [0.15, 0.2) is 5.82 Å². The summed E-state index contributed by atoms with van der Waals surface area (Å²) in [4.78, 5) is 31.6. The number of carbonyl (C=O) groups excluding carboxylic acids is 2. The first-order chi connectivity index (χ1) is 14.7. The first kappa shape index (κ1) is 19.7. The Balaban J connectivity index is 1.11. The summed E-state index contributed by atoms with van der Waals surface area (Å²) in [5, 5.41) is 8.83. The lowest BCUT2D eigenvalue weighted by molar-refractivity contribution is -0.147. The van der Waals surface area contributed by atoms with E-state index in [-0.39, 0.29) is 23.8 Å². The molecule has 0 radical (unpaired) electrons. The number of hydrogen-bond acceptors (Lipinski definition) is 6. The first-order valence-corrected chi connectivity index (χ1v) is 11.5. The van der Waals surface area contributed by atoms with E-state index in [0.29, 0.717) is 32.8 Å². The van der Waals surface area contributed by atoms with Crippen molar-refractivity contribution in [1.82, 2.24) is 20.0 Å². The molecule has 1 aromatic rings. The second kappa shape index (κ2) is 8.49. The van der Waals surface area contributed by atoms with Crippen LogP contribution in [-0.2, 0) is 27.2 Å². The highest BCUT2D eigenvalue weighted by Crippen LogP contribution is 2.27. The predicted octanol–water partition coefficient (Wildman–Crippen LogP) is 1.03. The van der Waals surface area contributed by atoms with Gasteiger partial charge in [0, 0.05) is 51.8 Å². The Labute approximate surface area is 177 Å². The van der Waals surface area contributed by atoms with Crippen LogP contribution in [0.2, 0.25) is 0 Å². The SMILES string of the molecule is O=C(C1CCN(c2cc3c(nn2)CCC3)CC1)N1CCN(C(=O)C2CCCO2)CC1. The van der Waals surface area contributed by atoms with Gasteiger partial charge in [-0.3, -0.25) is 9.59 Å². The average molecular weight is 414 g/mol. The predicted molar refractivity (Wildman–Crippen MR) is 111 cm³/mol. The van der Waals surface area contributed by atoms with Crippen molar-refractivity contribution < 1.29 is 14.3 Å². The van der Waals surface area contributed by atoms with Crippen molar-refractivity contribution in [2.75, 3.05) is 50.8 Å². The zero-order valence-electron chi connectivity index (χ0n) is 17.6. The van der Waals surface area contributed by atoms with Gasteiger partial charge in [-0.1, -0.05) is 0 Å². The number of rotatable bonds is 3. The molecule has 8 nitrogen and oxygen atoms in total. The van der Waals surface area contributed by atoms with E-state index in [2.05, 4.69) is 21.2 Å². The van der Waals surface area contributed by atoms with E-state index in [0.717, 1.165) is 63.1 Å². The minimum Gasteiger partial charge on any atom is -0.368 e. The van der Waals surface area contributed by atoms with Crippen LogP contribution < -0.4 is 4.90 Å². The molecule has 3 aliphatic heterocycles. The van der Waals surface area contributed by atoms with Gasteiger partial charge in [0.25, 0.3) is 5.91 Å². The Bertz CT molecular complexity index is 794. The van der Waals surface area contributed by atoms with E-state index in [1.54, 1.807) is 0 Å². The van der Waals surface area contributed by atoms with Crippen molar-refractivity contribution in [1.29, 1.82) is 0 Å². The molecule has 3 saturated heterocycles. The average Bonchev–Trinajstić information content (AvgIpc) is 3.50.